The molecule has 2 aromatic heterocycles. The number of nitrogens with one attached hydrogen (secondary N) is 2. The van der Waals surface area contributed by atoms with Crippen molar-refractivity contribution in [3.05, 3.63) is 131 Å². The SMILES string of the molecule is CCCN(C(=O)OC(C)(C)C)c1cc(Nc2ccc(C#N)cc2)ncc1C#CCCCN1C(=O)c2ccccc2C1=O.CCCN(C(=O)OC(C)(C)C)c1cc(Nc2ccc(C#N)cc2)ncc1C#CCCCO.S=S=S=S=S=S=S=S=S=S=S.S=S=S=S=S=S=S=S=S=S=S=S. The van der Waals surface area contributed by atoms with E-state index < -0.39 is 23.4 Å². The molecule has 3 heterocycles. The van der Waals surface area contributed by atoms with Gasteiger partial charge in [0.1, 0.15) is 22.8 Å². The molecule has 5 aromatic rings. The highest BCUT2D eigenvalue weighted by molar-refractivity contribution is 8.75. The summed E-state index contributed by atoms with van der Waals surface area (Å²) in [6, 6.07) is 28.5. The molecule has 0 atom stereocenters. The molecule has 3 aromatic carbocycles. The maximum atomic E-state index is 13.2. The van der Waals surface area contributed by atoms with Gasteiger partial charge in [-0.15, -0.1) is 0 Å². The molecule has 520 valence electrons. The zero-order chi connectivity index (χ0) is 71.3. The van der Waals surface area contributed by atoms with Crippen molar-refractivity contribution in [1.82, 2.24) is 14.9 Å². The van der Waals surface area contributed by atoms with Crippen LogP contribution in [0.5, 0.6) is 0 Å². The number of rotatable bonds is 15. The Bertz CT molecular complexity index is 4620. The molecule has 0 unspecified atom stereocenters. The first-order valence-electron chi connectivity index (χ1n) is 28.0. The Kier molecular flexibility index (Phi) is 46.5. The van der Waals surface area contributed by atoms with Crippen molar-refractivity contribution in [2.45, 2.75) is 105 Å². The predicted octanol–water partition coefficient (Wildman–Crippen LogP) is 11.2. The van der Waals surface area contributed by atoms with Gasteiger partial charge in [-0.05, 0) is 128 Å². The molecule has 39 heteroatoms. The van der Waals surface area contributed by atoms with Crippen LogP contribution in [0, 0.1) is 46.3 Å². The van der Waals surface area contributed by atoms with Crippen molar-refractivity contribution in [1.29, 1.82) is 10.5 Å². The summed E-state index contributed by atoms with van der Waals surface area (Å²) >= 11 is 18.7. The number of pyridine rings is 2. The minimum absolute atomic E-state index is 0.0765. The summed E-state index contributed by atoms with van der Waals surface area (Å²) in [5, 5.41) is 33.5. The van der Waals surface area contributed by atoms with Gasteiger partial charge in [-0.3, -0.25) is 24.3 Å². The Balaban J connectivity index is 0.000000389. The Morgan fingerprint density at radius 2 is 0.887 bits per heavy atom. The van der Waals surface area contributed by atoms with Crippen molar-refractivity contribution in [2.24, 2.45) is 0 Å². The van der Waals surface area contributed by atoms with Crippen LogP contribution in [0.15, 0.2) is 97.3 Å². The second-order valence-corrected chi connectivity index (χ2v) is 53.8. The Morgan fingerprint density at radius 3 is 1.20 bits per heavy atom. The largest absolute Gasteiger partial charge is 0.443 e. The van der Waals surface area contributed by atoms with Crippen LogP contribution in [0.4, 0.5) is 44.0 Å². The number of hydrogen-bond donors (Lipinski definition) is 3. The smallest absolute Gasteiger partial charge is 0.414 e. The average molecular weight is 1740 g/mol. The van der Waals surface area contributed by atoms with Crippen molar-refractivity contribution in [3.8, 4) is 35.8 Å². The van der Waals surface area contributed by atoms with Crippen molar-refractivity contribution < 1.29 is 33.8 Å². The summed E-state index contributed by atoms with van der Waals surface area (Å²) in [7, 11) is 30.8. The maximum Gasteiger partial charge on any atom is 0.414 e. The first-order valence-corrected chi connectivity index (χ1v) is 56.0. The highest BCUT2D eigenvalue weighted by Gasteiger charge is 2.34. The van der Waals surface area contributed by atoms with E-state index in [1.807, 2.05) is 55.4 Å². The van der Waals surface area contributed by atoms with Crippen molar-refractivity contribution >= 4 is 272 Å². The van der Waals surface area contributed by atoms with E-state index in [0.717, 1.165) is 17.8 Å². The number of imide groups is 1. The molecule has 0 aliphatic carbocycles. The number of ether oxygens (including phenoxy) is 2. The number of unbranched alkanes of at least 4 members (excludes halogenated alkanes) is 2. The normalized spacial score (nSPS) is 10.4. The van der Waals surface area contributed by atoms with E-state index in [2.05, 4.69) is 101 Å². The molecule has 3 N–H and O–H groups in total. The number of amides is 4. The molecule has 6 rings (SSSR count). The van der Waals surface area contributed by atoms with E-state index in [0.29, 0.717) is 102 Å². The summed E-state index contributed by atoms with van der Waals surface area (Å²) in [6.45, 7) is 16.1. The number of fused-ring (bicyclic) bond motifs is 1. The molecule has 1 aliphatic rings. The topological polar surface area (TPSA) is 214 Å². The Hall–Kier alpha value is -3.64. The monoisotopic (exact) mass is 1730 g/mol. The molecule has 97 heavy (non-hydrogen) atoms. The van der Waals surface area contributed by atoms with Gasteiger partial charge in [-0.25, -0.2) is 19.6 Å². The van der Waals surface area contributed by atoms with Crippen LogP contribution >= 0.6 is 0 Å². The summed E-state index contributed by atoms with van der Waals surface area (Å²) in [5.41, 5.74) is 4.44. The lowest BCUT2D eigenvalue weighted by atomic mass is 10.1. The third-order valence-corrected chi connectivity index (χ3v) is 48.8. The summed E-state index contributed by atoms with van der Waals surface area (Å²) < 4.78 is 11.3. The number of aliphatic hydroxyl groups is 1. The number of aromatic nitrogens is 2. The van der Waals surface area contributed by atoms with E-state index in [1.165, 1.54) is 40.4 Å². The fourth-order valence-electron chi connectivity index (χ4n) is 7.34. The number of benzene rings is 3. The van der Waals surface area contributed by atoms with E-state index >= 15 is 0 Å². The van der Waals surface area contributed by atoms with Crippen LogP contribution in [0.3, 0.4) is 0 Å². The van der Waals surface area contributed by atoms with Crippen LogP contribution in [-0.2, 0) is 223 Å². The van der Waals surface area contributed by atoms with E-state index in [9.17, 15) is 19.2 Å². The number of nitriles is 2. The number of carbonyl (C=O) groups excluding carboxylic acids is 4. The van der Waals surface area contributed by atoms with Crippen LogP contribution < -0.4 is 20.4 Å². The van der Waals surface area contributed by atoms with Crippen LogP contribution in [0.2, 0.25) is 0 Å². The van der Waals surface area contributed by atoms with Gasteiger partial charge in [0.15, 0.2) is 0 Å². The van der Waals surface area contributed by atoms with Gasteiger partial charge in [0.25, 0.3) is 11.8 Å². The zero-order valence-electron chi connectivity index (χ0n) is 52.7. The zero-order valence-corrected chi connectivity index (χ0v) is 71.5. The third-order valence-electron chi connectivity index (χ3n) is 11.0. The van der Waals surface area contributed by atoms with E-state index in [1.54, 1.807) is 240 Å². The number of carbonyl (C=O) groups is 4. The molecular formula is C58H63N9O7S23. The Labute approximate surface area is 640 Å². The van der Waals surface area contributed by atoms with Gasteiger partial charge in [0.05, 0.1) is 56.9 Å². The van der Waals surface area contributed by atoms with Crippen molar-refractivity contribution in [3.63, 3.8) is 0 Å². The molecular weight excluding hydrogens is 1670 g/mol. The fourth-order valence-corrected chi connectivity index (χ4v) is 48.5. The van der Waals surface area contributed by atoms with Crippen LogP contribution in [0.25, 0.3) is 0 Å². The highest BCUT2D eigenvalue weighted by atomic mass is 33.5. The predicted molar refractivity (Wildman–Crippen MR) is 456 cm³/mol. The van der Waals surface area contributed by atoms with Gasteiger partial charge < -0.3 is 25.2 Å². The van der Waals surface area contributed by atoms with Gasteiger partial charge in [-0.1, -0.05) is 49.7 Å². The second-order valence-electron chi connectivity index (χ2n) is 20.2. The molecule has 0 bridgehead atoms. The molecule has 16 nitrogen and oxygen atoms in total. The van der Waals surface area contributed by atoms with Crippen LogP contribution in [-0.4, -0.2) is 81.4 Å². The molecule has 0 fully saturated rings. The minimum atomic E-state index is -0.685. The Morgan fingerprint density at radius 1 is 0.546 bits per heavy atom. The van der Waals surface area contributed by atoms with Gasteiger partial charge in [0.2, 0.25) is 0 Å². The molecule has 0 saturated heterocycles. The van der Waals surface area contributed by atoms with Gasteiger partial charge >= 0.3 is 12.2 Å². The number of aliphatic hydroxyl groups excluding tert-OH is 1. The number of hydrogen-bond acceptors (Lipinski definition) is 17. The quantitative estimate of drug-likeness (QED) is 0.0505. The lowest BCUT2D eigenvalue weighted by Gasteiger charge is -2.28. The number of nitrogens with zero attached hydrogens (tertiary/aromatic N) is 7. The lowest BCUT2D eigenvalue weighted by Crippen LogP contribution is -2.37. The highest BCUT2D eigenvalue weighted by Crippen LogP contribution is 2.30. The summed E-state index contributed by atoms with van der Waals surface area (Å²) in [6.07, 6.45) is 5.76. The molecule has 1 aliphatic heterocycles. The molecule has 0 spiro atoms. The average Bonchev–Trinajstić information content (AvgIpc) is 1.70. The van der Waals surface area contributed by atoms with E-state index in [4.69, 9.17) is 25.1 Å². The molecule has 4 amide bonds. The molecule has 0 saturated carbocycles. The molecule has 0 radical (unpaired) electrons. The van der Waals surface area contributed by atoms with Crippen molar-refractivity contribution in [2.75, 3.05) is 46.7 Å². The summed E-state index contributed by atoms with van der Waals surface area (Å²) in [5.74, 6) is 12.8. The van der Waals surface area contributed by atoms with Crippen LogP contribution in [0.1, 0.15) is 137 Å². The van der Waals surface area contributed by atoms with Gasteiger partial charge in [0, 0.05) is 288 Å². The third kappa shape index (κ3) is 36.2. The number of anilines is 6. The maximum absolute atomic E-state index is 13.2. The first-order chi connectivity index (χ1) is 46.7. The minimum Gasteiger partial charge on any atom is -0.443 e. The second kappa shape index (κ2) is 51.5. The standard InChI is InChI=1S/C33H33N5O4.C25H30N4O3.S12.S11/c1-5-18-37(32(41)42-33(2,3)4)28-20-29(36-25-16-14-23(21-34)15-17-25)35-22-24(28)11-7-6-10-19-38-30(39)26-12-8-9-13-27(26)31(38)40;1-5-14-29(24(31)32-25(2,3)4)22-16-23(27-18-20(22)9-7-6-8-15-30)28-21-12-10-19(17-26)11-13-21;1-3-5-7-9-11-12-10-8-6-4-2;1-3-5-7-9-11-10-8-6-4-2/h8-9,12-17,20,22H,5-6,10,18-19H2,1-4H3,(H,35,36);10-13,16,18,30H,5-6,8,14-15H2,1-4H3,(H,27,28);;. The lowest BCUT2D eigenvalue weighted by molar-refractivity contribution is 0.0569. The fraction of sp³-hybridized carbons (Fsp3) is 0.345. The summed E-state index contributed by atoms with van der Waals surface area (Å²) in [4.78, 5) is 64.8. The van der Waals surface area contributed by atoms with Gasteiger partial charge in [-0.2, -0.15) is 10.5 Å². The first kappa shape index (κ1) is 87.6. The van der Waals surface area contributed by atoms with E-state index in [-0.39, 0.29) is 25.0 Å².